The number of nitrogens with one attached hydrogen (secondary N) is 1. The highest BCUT2D eigenvalue weighted by Gasteiger charge is 2.64. The second-order valence-electron chi connectivity index (χ2n) is 3.51. The van der Waals surface area contributed by atoms with Crippen LogP contribution < -0.4 is 5.32 Å². The molecule has 0 radical (unpaired) electrons. The van der Waals surface area contributed by atoms with Gasteiger partial charge in [0.2, 0.25) is 0 Å². The van der Waals surface area contributed by atoms with Crippen LogP contribution in [0.1, 0.15) is 23.4 Å². The summed E-state index contributed by atoms with van der Waals surface area (Å²) in [5.41, 5.74) is -2.03. The smallest absolute Gasteiger partial charge is 0.411 e. The van der Waals surface area contributed by atoms with Crippen molar-refractivity contribution in [2.45, 2.75) is 24.6 Å². The SMILES string of the molecule is O=C(NC1(C(F)(F)F)CC1)c1ccco1. The lowest BCUT2D eigenvalue weighted by molar-refractivity contribution is -0.163. The lowest BCUT2D eigenvalue weighted by Gasteiger charge is -2.19. The molecule has 0 aliphatic heterocycles. The maximum absolute atomic E-state index is 12.5. The number of hydrogen-bond donors (Lipinski definition) is 1. The monoisotopic (exact) mass is 219 g/mol. The van der Waals surface area contributed by atoms with Gasteiger partial charge in [-0.3, -0.25) is 4.79 Å². The van der Waals surface area contributed by atoms with Crippen molar-refractivity contribution in [1.82, 2.24) is 5.32 Å². The second kappa shape index (κ2) is 3.01. The van der Waals surface area contributed by atoms with E-state index in [2.05, 4.69) is 0 Å². The van der Waals surface area contributed by atoms with Crippen molar-refractivity contribution >= 4 is 5.91 Å². The third kappa shape index (κ3) is 1.71. The van der Waals surface area contributed by atoms with E-state index >= 15 is 0 Å². The van der Waals surface area contributed by atoms with Gasteiger partial charge >= 0.3 is 6.18 Å². The molecule has 0 saturated heterocycles. The number of carbonyl (C=O) groups is 1. The first kappa shape index (κ1) is 10.1. The summed E-state index contributed by atoms with van der Waals surface area (Å²) in [7, 11) is 0. The molecule has 1 fully saturated rings. The van der Waals surface area contributed by atoms with Crippen LogP contribution in [0.3, 0.4) is 0 Å². The maximum Gasteiger partial charge on any atom is 0.411 e. The first-order chi connectivity index (χ1) is 6.95. The van der Waals surface area contributed by atoms with Crippen LogP contribution in [0.2, 0.25) is 0 Å². The van der Waals surface area contributed by atoms with Crippen LogP contribution in [0.5, 0.6) is 0 Å². The Morgan fingerprint density at radius 1 is 1.47 bits per heavy atom. The van der Waals surface area contributed by atoms with Gasteiger partial charge < -0.3 is 9.73 Å². The Morgan fingerprint density at radius 3 is 2.53 bits per heavy atom. The largest absolute Gasteiger partial charge is 0.459 e. The zero-order valence-electron chi connectivity index (χ0n) is 7.60. The number of halogens is 3. The third-order valence-corrected chi connectivity index (χ3v) is 2.39. The molecule has 0 unspecified atom stereocenters. The zero-order chi connectivity index (χ0) is 11.1. The Morgan fingerprint density at radius 2 is 2.13 bits per heavy atom. The first-order valence-electron chi connectivity index (χ1n) is 4.37. The molecule has 1 saturated carbocycles. The number of alkyl halides is 3. The Kier molecular flexibility index (Phi) is 2.02. The van der Waals surface area contributed by atoms with Gasteiger partial charge in [0.1, 0.15) is 5.54 Å². The summed E-state index contributed by atoms with van der Waals surface area (Å²) in [5, 5.41) is 1.95. The van der Waals surface area contributed by atoms with Crippen LogP contribution in [0.15, 0.2) is 22.8 Å². The molecule has 82 valence electrons. The molecule has 1 aliphatic rings. The first-order valence-corrected chi connectivity index (χ1v) is 4.37. The van der Waals surface area contributed by atoms with E-state index < -0.39 is 17.6 Å². The normalized spacial score (nSPS) is 18.6. The van der Waals surface area contributed by atoms with Gasteiger partial charge in [-0.2, -0.15) is 13.2 Å². The fourth-order valence-corrected chi connectivity index (χ4v) is 1.29. The Hall–Kier alpha value is -1.46. The van der Waals surface area contributed by atoms with Gasteiger partial charge in [0, 0.05) is 0 Å². The van der Waals surface area contributed by atoms with Crippen molar-refractivity contribution in [1.29, 1.82) is 0 Å². The van der Waals surface area contributed by atoms with Gasteiger partial charge in [0.25, 0.3) is 5.91 Å². The van der Waals surface area contributed by atoms with Crippen molar-refractivity contribution < 1.29 is 22.4 Å². The number of hydrogen-bond acceptors (Lipinski definition) is 2. The molecular weight excluding hydrogens is 211 g/mol. The van der Waals surface area contributed by atoms with Crippen molar-refractivity contribution in [3.05, 3.63) is 24.2 Å². The highest BCUT2D eigenvalue weighted by atomic mass is 19.4. The summed E-state index contributed by atoms with van der Waals surface area (Å²) >= 11 is 0. The number of rotatable bonds is 2. The lowest BCUT2D eigenvalue weighted by Crippen LogP contribution is -2.47. The third-order valence-electron chi connectivity index (χ3n) is 2.39. The molecule has 0 spiro atoms. The molecule has 2 rings (SSSR count). The Bertz CT molecular complexity index is 365. The number of amides is 1. The molecule has 15 heavy (non-hydrogen) atoms. The van der Waals surface area contributed by atoms with Crippen molar-refractivity contribution in [2.75, 3.05) is 0 Å². The molecule has 1 aliphatic carbocycles. The predicted octanol–water partition coefficient (Wildman–Crippen LogP) is 2.10. The second-order valence-corrected chi connectivity index (χ2v) is 3.51. The molecule has 6 heteroatoms. The maximum atomic E-state index is 12.5. The average molecular weight is 219 g/mol. The zero-order valence-corrected chi connectivity index (χ0v) is 7.60. The van der Waals surface area contributed by atoms with Gasteiger partial charge in [0.05, 0.1) is 6.26 Å². The quantitative estimate of drug-likeness (QED) is 0.827. The van der Waals surface area contributed by atoms with E-state index in [4.69, 9.17) is 4.42 Å². The van der Waals surface area contributed by atoms with E-state index in [1.807, 2.05) is 5.32 Å². The van der Waals surface area contributed by atoms with Crippen LogP contribution in [-0.4, -0.2) is 17.6 Å². The highest BCUT2D eigenvalue weighted by molar-refractivity contribution is 5.92. The van der Waals surface area contributed by atoms with Crippen LogP contribution in [-0.2, 0) is 0 Å². The molecule has 1 aromatic rings. The van der Waals surface area contributed by atoms with Gasteiger partial charge in [-0.1, -0.05) is 0 Å². The van der Waals surface area contributed by atoms with E-state index in [0.717, 1.165) is 0 Å². The summed E-state index contributed by atoms with van der Waals surface area (Å²) in [4.78, 5) is 11.3. The number of furan rings is 1. The van der Waals surface area contributed by atoms with Gasteiger partial charge in [0.15, 0.2) is 5.76 Å². The Balaban J connectivity index is 2.08. The van der Waals surface area contributed by atoms with Crippen LogP contribution in [0, 0.1) is 0 Å². The molecule has 1 heterocycles. The fraction of sp³-hybridized carbons (Fsp3) is 0.444. The van der Waals surface area contributed by atoms with Crippen LogP contribution in [0.4, 0.5) is 13.2 Å². The highest BCUT2D eigenvalue weighted by Crippen LogP contribution is 2.49. The molecule has 0 aromatic carbocycles. The van der Waals surface area contributed by atoms with Crippen molar-refractivity contribution in [2.24, 2.45) is 0 Å². The van der Waals surface area contributed by atoms with Crippen LogP contribution in [0.25, 0.3) is 0 Å². The van der Waals surface area contributed by atoms with Crippen molar-refractivity contribution in [3.63, 3.8) is 0 Å². The van der Waals surface area contributed by atoms with Gasteiger partial charge in [-0.15, -0.1) is 0 Å². The summed E-state index contributed by atoms with van der Waals surface area (Å²) in [6, 6.07) is 2.77. The molecule has 1 amide bonds. The van der Waals surface area contributed by atoms with E-state index in [1.165, 1.54) is 18.4 Å². The summed E-state index contributed by atoms with van der Waals surface area (Å²) in [6.45, 7) is 0. The molecule has 0 bridgehead atoms. The summed E-state index contributed by atoms with van der Waals surface area (Å²) in [6.07, 6.45) is -3.29. The molecule has 3 nitrogen and oxygen atoms in total. The van der Waals surface area contributed by atoms with Gasteiger partial charge in [-0.25, -0.2) is 0 Å². The Labute approximate surface area is 83.3 Å². The summed E-state index contributed by atoms with van der Waals surface area (Å²) in [5.74, 6) is -0.930. The predicted molar refractivity (Wildman–Crippen MR) is 44.2 cm³/mol. The molecule has 0 atom stereocenters. The lowest BCUT2D eigenvalue weighted by atomic mass is 10.2. The van der Waals surface area contributed by atoms with Gasteiger partial charge in [-0.05, 0) is 25.0 Å². The van der Waals surface area contributed by atoms with E-state index in [-0.39, 0.29) is 18.6 Å². The minimum absolute atomic E-state index is 0.0665. The van der Waals surface area contributed by atoms with E-state index in [9.17, 15) is 18.0 Å². The number of carbonyl (C=O) groups excluding carboxylic acids is 1. The topological polar surface area (TPSA) is 42.2 Å². The standard InChI is InChI=1S/C9H8F3NO2/c10-9(11,12)8(3-4-8)13-7(14)6-2-1-5-15-6/h1-2,5H,3-4H2,(H,13,14). The molecule has 1 N–H and O–H groups in total. The minimum atomic E-state index is -4.39. The van der Waals surface area contributed by atoms with E-state index in [1.54, 1.807) is 0 Å². The van der Waals surface area contributed by atoms with Crippen molar-refractivity contribution in [3.8, 4) is 0 Å². The average Bonchev–Trinajstić information content (AvgIpc) is 2.74. The van der Waals surface area contributed by atoms with E-state index in [0.29, 0.717) is 0 Å². The minimum Gasteiger partial charge on any atom is -0.459 e. The summed E-state index contributed by atoms with van der Waals surface area (Å²) < 4.78 is 42.1. The molecule has 1 aromatic heterocycles. The van der Waals surface area contributed by atoms with Crippen LogP contribution >= 0.6 is 0 Å². The molecular formula is C9H8F3NO2. The fourth-order valence-electron chi connectivity index (χ4n) is 1.29.